The van der Waals surface area contributed by atoms with Crippen LogP contribution in [0.15, 0.2) is 72.8 Å². The first kappa shape index (κ1) is 22.4. The summed E-state index contributed by atoms with van der Waals surface area (Å²) in [6.45, 7) is 9.55. The molecule has 0 radical (unpaired) electrons. The van der Waals surface area contributed by atoms with Crippen molar-refractivity contribution in [2.45, 2.75) is 46.4 Å². The molecule has 4 aromatic rings. The lowest BCUT2D eigenvalue weighted by atomic mass is 9.98. The molecule has 1 atom stereocenters. The van der Waals surface area contributed by atoms with Gasteiger partial charge in [0.15, 0.2) is 0 Å². The Morgan fingerprint density at radius 3 is 1.80 bits per heavy atom. The zero-order valence-corrected chi connectivity index (χ0v) is 21.8. The molecule has 35 heavy (non-hydrogen) atoms. The summed E-state index contributed by atoms with van der Waals surface area (Å²) in [4.78, 5) is 0. The fourth-order valence-corrected chi connectivity index (χ4v) is 8.62. The van der Waals surface area contributed by atoms with Crippen molar-refractivity contribution in [3.05, 3.63) is 106 Å². The Kier molecular flexibility index (Phi) is 5.66. The Hall–Kier alpha value is -3.09. The van der Waals surface area contributed by atoms with Crippen LogP contribution in [0.2, 0.25) is 0 Å². The van der Waals surface area contributed by atoms with Crippen molar-refractivity contribution in [2.24, 2.45) is 0 Å². The molecule has 0 spiro atoms. The standard InChI is InChI=1S/C32H31O2P/c1-20-13-21(2)16-26(15-20)35(27-17-22(3)14-23(4)18-27)30-19-25-8-6-10-29(32(25)34-30)28-9-5-7-24-11-12-33-31(24)28/h5-10,13-18,30H,11-12,19H2,1-4H3. The molecule has 3 heteroatoms. The highest BCUT2D eigenvalue weighted by atomic mass is 31.1. The maximum atomic E-state index is 6.96. The van der Waals surface area contributed by atoms with E-state index in [1.807, 2.05) is 0 Å². The van der Waals surface area contributed by atoms with Crippen LogP contribution in [0.5, 0.6) is 11.5 Å². The van der Waals surface area contributed by atoms with E-state index >= 15 is 0 Å². The summed E-state index contributed by atoms with van der Waals surface area (Å²) in [5, 5.41) is 2.79. The molecule has 2 heterocycles. The van der Waals surface area contributed by atoms with Crippen molar-refractivity contribution in [3.63, 3.8) is 0 Å². The molecule has 0 aliphatic carbocycles. The number of rotatable bonds is 4. The van der Waals surface area contributed by atoms with Crippen LogP contribution < -0.4 is 20.1 Å². The van der Waals surface area contributed by atoms with E-state index < -0.39 is 7.92 Å². The third-order valence-electron chi connectivity index (χ3n) is 7.01. The third kappa shape index (κ3) is 4.15. The van der Waals surface area contributed by atoms with Crippen molar-refractivity contribution in [1.82, 2.24) is 0 Å². The molecule has 0 saturated heterocycles. The Bertz CT molecular complexity index is 1350. The van der Waals surface area contributed by atoms with Crippen LogP contribution in [0.25, 0.3) is 11.1 Å². The summed E-state index contributed by atoms with van der Waals surface area (Å²) in [7, 11) is -0.703. The zero-order valence-electron chi connectivity index (χ0n) is 20.9. The molecule has 176 valence electrons. The second-order valence-electron chi connectivity index (χ2n) is 10.0. The SMILES string of the molecule is Cc1cc(C)cc(P(c2cc(C)cc(C)c2)C2Cc3cccc(-c4cccc5c4OCC5)c3O2)c1. The van der Waals surface area contributed by atoms with Crippen LogP contribution in [0.1, 0.15) is 33.4 Å². The molecule has 6 rings (SSSR count). The van der Waals surface area contributed by atoms with Crippen molar-refractivity contribution in [3.8, 4) is 22.6 Å². The lowest BCUT2D eigenvalue weighted by Gasteiger charge is -2.26. The van der Waals surface area contributed by atoms with Crippen molar-refractivity contribution >= 4 is 18.5 Å². The first-order chi connectivity index (χ1) is 17.0. The van der Waals surface area contributed by atoms with E-state index in [1.54, 1.807) is 0 Å². The molecule has 0 aromatic heterocycles. The monoisotopic (exact) mass is 478 g/mol. The lowest BCUT2D eigenvalue weighted by Crippen LogP contribution is -2.25. The van der Waals surface area contributed by atoms with Gasteiger partial charge in [0.05, 0.1) is 6.61 Å². The highest BCUT2D eigenvalue weighted by Gasteiger charge is 2.35. The van der Waals surface area contributed by atoms with Crippen LogP contribution in [0, 0.1) is 27.7 Å². The van der Waals surface area contributed by atoms with Gasteiger partial charge in [0.2, 0.25) is 0 Å². The van der Waals surface area contributed by atoms with E-state index in [-0.39, 0.29) is 5.85 Å². The van der Waals surface area contributed by atoms with Crippen LogP contribution in [0.3, 0.4) is 0 Å². The predicted molar refractivity (Wildman–Crippen MR) is 147 cm³/mol. The van der Waals surface area contributed by atoms with Crippen molar-refractivity contribution in [1.29, 1.82) is 0 Å². The number of para-hydroxylation sites is 2. The molecule has 1 unspecified atom stereocenters. The second-order valence-corrected chi connectivity index (χ2v) is 12.4. The summed E-state index contributed by atoms with van der Waals surface area (Å²) in [5.41, 5.74) is 10.1. The van der Waals surface area contributed by atoms with Gasteiger partial charge in [-0.05, 0) is 57.4 Å². The summed E-state index contributed by atoms with van der Waals surface area (Å²) >= 11 is 0. The van der Waals surface area contributed by atoms with Crippen molar-refractivity contribution in [2.75, 3.05) is 6.61 Å². The zero-order chi connectivity index (χ0) is 24.1. The van der Waals surface area contributed by atoms with Gasteiger partial charge in [0.25, 0.3) is 0 Å². The molecule has 0 bridgehead atoms. The Morgan fingerprint density at radius 2 is 1.20 bits per heavy atom. The average Bonchev–Trinajstić information content (AvgIpc) is 3.44. The molecule has 2 aliphatic heterocycles. The van der Waals surface area contributed by atoms with Gasteiger partial charge in [-0.15, -0.1) is 0 Å². The lowest BCUT2D eigenvalue weighted by molar-refractivity contribution is 0.320. The highest BCUT2D eigenvalue weighted by Crippen LogP contribution is 2.51. The Balaban J connectivity index is 1.45. The van der Waals surface area contributed by atoms with E-state index in [4.69, 9.17) is 9.47 Å². The molecular weight excluding hydrogens is 447 g/mol. The minimum atomic E-state index is -0.703. The largest absolute Gasteiger partial charge is 0.492 e. The van der Waals surface area contributed by atoms with Gasteiger partial charge >= 0.3 is 0 Å². The van der Waals surface area contributed by atoms with Gasteiger partial charge in [-0.3, -0.25) is 0 Å². The van der Waals surface area contributed by atoms with Crippen LogP contribution in [0.4, 0.5) is 0 Å². The van der Waals surface area contributed by atoms with Crippen LogP contribution in [-0.2, 0) is 12.8 Å². The number of benzene rings is 4. The van der Waals surface area contributed by atoms with E-state index in [0.29, 0.717) is 0 Å². The number of fused-ring (bicyclic) bond motifs is 2. The van der Waals surface area contributed by atoms with Crippen LogP contribution >= 0.6 is 7.92 Å². The van der Waals surface area contributed by atoms with E-state index in [1.165, 1.54) is 44.0 Å². The number of hydrogen-bond donors (Lipinski definition) is 0. The summed E-state index contributed by atoms with van der Waals surface area (Å²) in [5.74, 6) is 2.16. The van der Waals surface area contributed by atoms with Gasteiger partial charge < -0.3 is 9.47 Å². The van der Waals surface area contributed by atoms with Gasteiger partial charge in [-0.2, -0.15) is 0 Å². The molecule has 4 aromatic carbocycles. The Labute approximate surface area is 209 Å². The van der Waals surface area contributed by atoms with E-state index in [0.717, 1.165) is 42.1 Å². The van der Waals surface area contributed by atoms with Gasteiger partial charge in [-0.1, -0.05) is 95.1 Å². The van der Waals surface area contributed by atoms with Crippen LogP contribution in [-0.4, -0.2) is 12.5 Å². The van der Waals surface area contributed by atoms with Gasteiger partial charge in [0.1, 0.15) is 17.3 Å². The van der Waals surface area contributed by atoms with Gasteiger partial charge in [-0.25, -0.2) is 0 Å². The molecule has 2 aliphatic rings. The minimum Gasteiger partial charge on any atom is -0.492 e. The van der Waals surface area contributed by atoms with E-state index in [2.05, 4.69) is 100 Å². The Morgan fingerprint density at radius 1 is 0.657 bits per heavy atom. The predicted octanol–water partition coefficient (Wildman–Crippen LogP) is 6.92. The summed E-state index contributed by atoms with van der Waals surface area (Å²) < 4.78 is 13.0. The molecule has 0 amide bonds. The minimum absolute atomic E-state index is 0.0984. The molecule has 2 nitrogen and oxygen atoms in total. The second kappa shape index (κ2) is 8.85. The first-order valence-electron chi connectivity index (χ1n) is 12.5. The first-order valence-corrected chi connectivity index (χ1v) is 13.9. The maximum Gasteiger partial charge on any atom is 0.131 e. The number of hydrogen-bond acceptors (Lipinski definition) is 2. The normalized spacial score (nSPS) is 16.1. The number of aryl methyl sites for hydroxylation is 4. The molecular formula is C32H31O2P. The van der Waals surface area contributed by atoms with Gasteiger partial charge in [0, 0.05) is 24.0 Å². The fourth-order valence-electron chi connectivity index (χ4n) is 5.70. The summed E-state index contributed by atoms with van der Waals surface area (Å²) in [6.07, 6.45) is 1.90. The van der Waals surface area contributed by atoms with E-state index in [9.17, 15) is 0 Å². The topological polar surface area (TPSA) is 18.5 Å². The number of ether oxygens (including phenoxy) is 2. The molecule has 0 fully saturated rings. The quantitative estimate of drug-likeness (QED) is 0.297. The summed E-state index contributed by atoms with van der Waals surface area (Å²) in [6, 6.07) is 27.1. The molecule has 0 saturated carbocycles. The molecule has 0 N–H and O–H groups in total. The highest BCUT2D eigenvalue weighted by molar-refractivity contribution is 7.73. The fraction of sp³-hybridized carbons (Fsp3) is 0.250. The third-order valence-corrected chi connectivity index (χ3v) is 9.50. The maximum absolute atomic E-state index is 6.96. The van der Waals surface area contributed by atoms with Crippen molar-refractivity contribution < 1.29 is 9.47 Å². The smallest absolute Gasteiger partial charge is 0.131 e. The average molecular weight is 479 g/mol.